The molecule has 2 atom stereocenters. The summed E-state index contributed by atoms with van der Waals surface area (Å²) in [5, 5.41) is 8.05. The second-order valence-electron chi connectivity index (χ2n) is 7.12. The predicted octanol–water partition coefficient (Wildman–Crippen LogP) is 3.15. The first-order valence-corrected chi connectivity index (χ1v) is 9.93. The van der Waals surface area contributed by atoms with Crippen molar-refractivity contribution in [3.63, 3.8) is 0 Å². The number of ether oxygens (including phenoxy) is 1. The third-order valence-electron chi connectivity index (χ3n) is 4.69. The van der Waals surface area contributed by atoms with Crippen LogP contribution < -0.4 is 20.7 Å². The molecular weight excluding hydrogens is 456 g/mol. The smallest absolute Gasteiger partial charge is 0.417 e. The van der Waals surface area contributed by atoms with Crippen molar-refractivity contribution in [3.8, 4) is 5.75 Å². The van der Waals surface area contributed by atoms with Gasteiger partial charge in [-0.2, -0.15) is 13.2 Å². The van der Waals surface area contributed by atoms with Crippen LogP contribution in [0.25, 0.3) is 0 Å². The Hall–Kier alpha value is -2.92. The van der Waals surface area contributed by atoms with Gasteiger partial charge in [-0.1, -0.05) is 11.6 Å². The van der Waals surface area contributed by atoms with E-state index < -0.39 is 35.4 Å². The number of carbonyl (C=O) groups excluding carboxylic acids is 2. The van der Waals surface area contributed by atoms with Crippen molar-refractivity contribution in [3.05, 3.63) is 53.1 Å². The van der Waals surface area contributed by atoms with Crippen molar-refractivity contribution in [2.24, 2.45) is 0 Å². The van der Waals surface area contributed by atoms with Crippen molar-refractivity contribution in [2.75, 3.05) is 18.5 Å². The van der Waals surface area contributed by atoms with Gasteiger partial charge in [0.1, 0.15) is 11.6 Å². The van der Waals surface area contributed by atoms with E-state index in [0.29, 0.717) is 19.0 Å². The minimum absolute atomic E-state index is 0.0574. The summed E-state index contributed by atoms with van der Waals surface area (Å²) >= 11 is 5.58. The molecule has 2 heterocycles. The van der Waals surface area contributed by atoms with Gasteiger partial charge in [-0.05, 0) is 31.0 Å². The van der Waals surface area contributed by atoms with Crippen molar-refractivity contribution in [1.29, 1.82) is 0 Å². The normalized spacial score (nSPS) is 18.7. The number of rotatable bonds is 6. The van der Waals surface area contributed by atoms with E-state index in [4.69, 9.17) is 16.3 Å². The fourth-order valence-corrected chi connectivity index (χ4v) is 3.20. The number of amides is 2. The fourth-order valence-electron chi connectivity index (χ4n) is 3.08. The number of nitrogens with zero attached hydrogens (tertiary/aromatic N) is 1. The summed E-state index contributed by atoms with van der Waals surface area (Å²) in [5.74, 6) is -1.43. The van der Waals surface area contributed by atoms with Crippen LogP contribution in [0.15, 0.2) is 36.7 Å². The van der Waals surface area contributed by atoms with Gasteiger partial charge in [-0.15, -0.1) is 0 Å². The van der Waals surface area contributed by atoms with Crippen LogP contribution in [0.1, 0.15) is 18.4 Å². The molecule has 32 heavy (non-hydrogen) atoms. The summed E-state index contributed by atoms with van der Waals surface area (Å²) < 4.78 is 56.9. The molecule has 0 radical (unpaired) electrons. The number of pyridine rings is 1. The van der Waals surface area contributed by atoms with Crippen LogP contribution in [0.2, 0.25) is 5.02 Å². The predicted molar refractivity (Wildman–Crippen MR) is 108 cm³/mol. The largest absolute Gasteiger partial charge is 0.484 e. The van der Waals surface area contributed by atoms with Crippen molar-refractivity contribution < 1.29 is 31.9 Å². The molecule has 1 aromatic heterocycles. The summed E-state index contributed by atoms with van der Waals surface area (Å²) in [4.78, 5) is 27.9. The minimum atomic E-state index is -4.56. The molecule has 2 amide bonds. The van der Waals surface area contributed by atoms with E-state index in [9.17, 15) is 27.2 Å². The molecule has 172 valence electrons. The number of hydrogen-bond acceptors (Lipinski definition) is 5. The monoisotopic (exact) mass is 474 g/mol. The summed E-state index contributed by atoms with van der Waals surface area (Å²) in [5.41, 5.74) is -1.02. The van der Waals surface area contributed by atoms with Gasteiger partial charge in [0.05, 0.1) is 28.5 Å². The van der Waals surface area contributed by atoms with Crippen molar-refractivity contribution in [1.82, 2.24) is 15.6 Å². The summed E-state index contributed by atoms with van der Waals surface area (Å²) in [6, 6.07) is 3.72. The van der Waals surface area contributed by atoms with Gasteiger partial charge in [-0.25, -0.2) is 4.39 Å². The first-order valence-electron chi connectivity index (χ1n) is 9.55. The molecule has 3 rings (SSSR count). The van der Waals surface area contributed by atoms with E-state index in [2.05, 4.69) is 20.9 Å². The van der Waals surface area contributed by atoms with Gasteiger partial charge >= 0.3 is 6.18 Å². The number of halogens is 5. The number of aromatic nitrogens is 1. The maximum Gasteiger partial charge on any atom is 0.417 e. The van der Waals surface area contributed by atoms with Gasteiger partial charge in [0.25, 0.3) is 5.91 Å². The summed E-state index contributed by atoms with van der Waals surface area (Å²) in [6.07, 6.45) is -1.94. The lowest BCUT2D eigenvalue weighted by atomic mass is 10.00. The molecule has 1 aliphatic heterocycles. The topological polar surface area (TPSA) is 92.3 Å². The summed E-state index contributed by atoms with van der Waals surface area (Å²) in [6.45, 7) is -0.0513. The standard InChI is InChI=1S/C20H19ClF4N4O3/c21-15-3-2-14(6-16(15)22)32-10-18(30)28-12-1-4-17(27-9-12)19(31)29-13-5-11(7-26-8-13)20(23,24)25/h2-3,5-8,12,17,27H,1,4,9-10H2,(H,28,30)(H,29,31)/t12-,17+/m0/s1. The molecule has 7 nitrogen and oxygen atoms in total. The zero-order valence-corrected chi connectivity index (χ0v) is 17.3. The molecule has 0 spiro atoms. The van der Waals surface area contributed by atoms with Crippen molar-refractivity contribution >= 4 is 29.1 Å². The van der Waals surface area contributed by atoms with Crippen molar-refractivity contribution in [2.45, 2.75) is 31.1 Å². The second kappa shape index (κ2) is 10.1. The average Bonchev–Trinajstić information content (AvgIpc) is 2.74. The van der Waals surface area contributed by atoms with E-state index in [0.717, 1.165) is 18.3 Å². The van der Waals surface area contributed by atoms with Crippen LogP contribution in [0.5, 0.6) is 5.75 Å². The Balaban J connectivity index is 1.43. The van der Waals surface area contributed by atoms with E-state index >= 15 is 0 Å². The first-order chi connectivity index (χ1) is 15.1. The van der Waals surface area contributed by atoms with E-state index in [-0.39, 0.29) is 35.7 Å². The number of alkyl halides is 3. The van der Waals surface area contributed by atoms with E-state index in [1.54, 1.807) is 0 Å². The van der Waals surface area contributed by atoms with Gasteiger partial charge in [0.15, 0.2) is 6.61 Å². The lowest BCUT2D eigenvalue weighted by molar-refractivity contribution is -0.137. The first kappa shape index (κ1) is 23.7. The summed E-state index contributed by atoms with van der Waals surface area (Å²) in [7, 11) is 0. The molecule has 0 saturated carbocycles. The molecule has 3 N–H and O–H groups in total. The number of carbonyl (C=O) groups is 2. The van der Waals surface area contributed by atoms with Gasteiger partial charge < -0.3 is 20.7 Å². The van der Waals surface area contributed by atoms with Crippen LogP contribution in [-0.2, 0) is 15.8 Å². The minimum Gasteiger partial charge on any atom is -0.484 e. The number of piperidine rings is 1. The Morgan fingerprint density at radius 2 is 2.00 bits per heavy atom. The molecule has 12 heteroatoms. The van der Waals surface area contributed by atoms with E-state index in [1.165, 1.54) is 12.1 Å². The van der Waals surface area contributed by atoms with Crippen LogP contribution in [0, 0.1) is 5.82 Å². The molecule has 2 aromatic rings. The Kier molecular flexibility index (Phi) is 7.52. The highest BCUT2D eigenvalue weighted by Gasteiger charge is 2.32. The lowest BCUT2D eigenvalue weighted by Crippen LogP contribution is -2.53. The molecule has 0 unspecified atom stereocenters. The maximum absolute atomic E-state index is 13.4. The molecule has 1 saturated heterocycles. The molecule has 1 aromatic carbocycles. The molecule has 1 aliphatic rings. The van der Waals surface area contributed by atoms with Gasteiger partial charge in [0, 0.05) is 24.8 Å². The molecule has 1 fully saturated rings. The van der Waals surface area contributed by atoms with Crippen LogP contribution in [0.3, 0.4) is 0 Å². The van der Waals surface area contributed by atoms with Gasteiger partial charge in [0.2, 0.25) is 5.91 Å². The third kappa shape index (κ3) is 6.54. The molecule has 0 bridgehead atoms. The quantitative estimate of drug-likeness (QED) is 0.559. The van der Waals surface area contributed by atoms with Crippen LogP contribution in [0.4, 0.5) is 23.2 Å². The molecule has 0 aliphatic carbocycles. The molecular formula is C20H19ClF4N4O3. The Bertz CT molecular complexity index is 982. The highest BCUT2D eigenvalue weighted by Crippen LogP contribution is 2.30. The highest BCUT2D eigenvalue weighted by atomic mass is 35.5. The zero-order valence-electron chi connectivity index (χ0n) is 16.5. The Morgan fingerprint density at radius 3 is 2.66 bits per heavy atom. The number of anilines is 1. The number of benzene rings is 1. The maximum atomic E-state index is 13.4. The SMILES string of the molecule is O=C(COc1ccc(Cl)c(F)c1)N[C@H]1CC[C@H](C(=O)Nc2cncc(C(F)(F)F)c2)NC1. The second-order valence-corrected chi connectivity index (χ2v) is 7.52. The average molecular weight is 475 g/mol. The Labute approximate surface area is 185 Å². The number of hydrogen-bond donors (Lipinski definition) is 3. The number of nitrogens with one attached hydrogen (secondary N) is 3. The highest BCUT2D eigenvalue weighted by molar-refractivity contribution is 6.30. The van der Waals surface area contributed by atoms with Crippen LogP contribution in [-0.4, -0.2) is 42.0 Å². The fraction of sp³-hybridized carbons (Fsp3) is 0.350. The third-order valence-corrected chi connectivity index (χ3v) is 5.00. The van der Waals surface area contributed by atoms with E-state index in [1.807, 2.05) is 0 Å². The van der Waals surface area contributed by atoms with Gasteiger partial charge in [-0.3, -0.25) is 14.6 Å². The Morgan fingerprint density at radius 1 is 1.22 bits per heavy atom. The zero-order chi connectivity index (χ0) is 23.3. The lowest BCUT2D eigenvalue weighted by Gasteiger charge is -2.29. The van der Waals surface area contributed by atoms with Crippen LogP contribution >= 0.6 is 11.6 Å².